The van der Waals surface area contributed by atoms with Crippen LogP contribution in [0.3, 0.4) is 0 Å². The minimum absolute atomic E-state index is 0. The van der Waals surface area contributed by atoms with Crippen molar-refractivity contribution in [3.05, 3.63) is 59.7 Å². The fourth-order valence-electron chi connectivity index (χ4n) is 2.72. The Labute approximate surface area is 159 Å². The zero-order valence-electron chi connectivity index (χ0n) is 13.4. The quantitative estimate of drug-likeness (QED) is 0.339. The van der Waals surface area contributed by atoms with E-state index in [4.69, 9.17) is 0 Å². The molecule has 0 unspecified atom stereocenters. The molecule has 1 aliphatic rings. The predicted molar refractivity (Wildman–Crippen MR) is 96.3 cm³/mol. The Morgan fingerprint density at radius 2 is 1.16 bits per heavy atom. The van der Waals surface area contributed by atoms with Gasteiger partial charge < -0.3 is 10.6 Å². The Balaban J connectivity index is 0.000000224. The van der Waals surface area contributed by atoms with Crippen molar-refractivity contribution in [2.24, 2.45) is 0 Å². The average molecular weight is 511 g/mol. The zero-order chi connectivity index (χ0) is 16.2. The van der Waals surface area contributed by atoms with Gasteiger partial charge in [0.05, 0.1) is 22.1 Å². The number of nitrogens with zero attached hydrogens (tertiary/aromatic N) is 6. The van der Waals surface area contributed by atoms with E-state index < -0.39 is 0 Å². The summed E-state index contributed by atoms with van der Waals surface area (Å²) >= 11 is 0. The Hall–Kier alpha value is -2.01. The Kier molecular flexibility index (Phi) is 5.97. The summed E-state index contributed by atoms with van der Waals surface area (Å²) in [7, 11) is 0. The van der Waals surface area contributed by atoms with E-state index >= 15 is 0 Å². The van der Waals surface area contributed by atoms with Crippen molar-refractivity contribution in [2.75, 3.05) is 26.2 Å². The summed E-state index contributed by atoms with van der Waals surface area (Å²) < 4.78 is 0. The van der Waals surface area contributed by atoms with Gasteiger partial charge in [0.15, 0.2) is 0 Å². The smallest absolute Gasteiger partial charge is 0.665 e. The molecule has 0 amide bonds. The summed E-state index contributed by atoms with van der Waals surface area (Å²) in [6.45, 7) is 3.83. The Morgan fingerprint density at radius 1 is 0.680 bits per heavy atom. The van der Waals surface area contributed by atoms with Gasteiger partial charge in [0.25, 0.3) is 0 Å². The first-order valence-corrected chi connectivity index (χ1v) is 7.93. The van der Waals surface area contributed by atoms with Gasteiger partial charge >= 0.3 is 21.1 Å². The minimum atomic E-state index is 0. The van der Waals surface area contributed by atoms with E-state index in [1.807, 2.05) is 36.7 Å². The standard InChI is InChI=1S/C14H8N4.C4H8N2.Pt/c1-3-10-13(15-5-1)12-9(7-17-10)8-18-11-4-2-6-16-14(11)12;1-2-6-4-3-5-1;/h1-8H;1-4H2;/q;-2;+2. The molecule has 128 valence electrons. The summed E-state index contributed by atoms with van der Waals surface area (Å²) in [5.74, 6) is 0. The molecule has 0 bridgehead atoms. The molecule has 25 heavy (non-hydrogen) atoms. The van der Waals surface area contributed by atoms with Gasteiger partial charge in [0.1, 0.15) is 0 Å². The molecule has 5 rings (SSSR count). The first-order valence-electron chi connectivity index (χ1n) is 7.93. The minimum Gasteiger partial charge on any atom is -0.665 e. The van der Waals surface area contributed by atoms with E-state index in [0.29, 0.717) is 0 Å². The van der Waals surface area contributed by atoms with Crippen LogP contribution in [-0.2, 0) is 21.1 Å². The van der Waals surface area contributed by atoms with E-state index in [1.54, 1.807) is 12.4 Å². The molecule has 7 heteroatoms. The molecule has 4 aromatic heterocycles. The van der Waals surface area contributed by atoms with Crippen LogP contribution in [0.1, 0.15) is 0 Å². The first-order chi connectivity index (χ1) is 11.9. The molecule has 0 radical (unpaired) electrons. The second-order valence-corrected chi connectivity index (χ2v) is 5.43. The number of fused-ring (bicyclic) bond motifs is 5. The maximum atomic E-state index is 4.43. The molecule has 0 aromatic carbocycles. The van der Waals surface area contributed by atoms with E-state index in [9.17, 15) is 0 Å². The van der Waals surface area contributed by atoms with Crippen molar-refractivity contribution in [3.8, 4) is 0 Å². The molecule has 0 aliphatic carbocycles. The van der Waals surface area contributed by atoms with Crippen LogP contribution in [0.4, 0.5) is 0 Å². The number of aromatic nitrogens is 4. The van der Waals surface area contributed by atoms with E-state index in [1.165, 1.54) is 0 Å². The van der Waals surface area contributed by atoms with Crippen molar-refractivity contribution in [2.45, 2.75) is 0 Å². The molecule has 0 atom stereocenters. The van der Waals surface area contributed by atoms with Crippen LogP contribution in [0, 0.1) is 0 Å². The molecule has 0 spiro atoms. The summed E-state index contributed by atoms with van der Waals surface area (Å²) in [4.78, 5) is 17.6. The molecule has 6 nitrogen and oxygen atoms in total. The molecular weight excluding hydrogens is 495 g/mol. The summed E-state index contributed by atoms with van der Waals surface area (Å²) in [5, 5.41) is 10.2. The fourth-order valence-corrected chi connectivity index (χ4v) is 2.72. The molecule has 1 fully saturated rings. The molecular formula is C18H16N6Pt. The third kappa shape index (κ3) is 3.81. The number of rotatable bonds is 0. The number of hydrogen-bond donors (Lipinski definition) is 0. The normalized spacial score (nSPS) is 13.9. The molecule has 0 saturated carbocycles. The SMILES string of the molecule is C1C[N-]CC[N-]1.[Pt+2].c1cnc2c(c1)ncc1cnc3cccnc3c12. The summed E-state index contributed by atoms with van der Waals surface area (Å²) in [6.07, 6.45) is 7.19. The third-order valence-electron chi connectivity index (χ3n) is 3.85. The fraction of sp³-hybridized carbons (Fsp3) is 0.222. The second-order valence-electron chi connectivity index (χ2n) is 5.43. The van der Waals surface area contributed by atoms with Crippen molar-refractivity contribution < 1.29 is 21.1 Å². The van der Waals surface area contributed by atoms with Crippen LogP contribution in [0.2, 0.25) is 0 Å². The second kappa shape index (κ2) is 8.38. The average Bonchev–Trinajstić information content (AvgIpc) is 2.69. The molecule has 0 N–H and O–H groups in total. The molecule has 4 aromatic rings. The van der Waals surface area contributed by atoms with Gasteiger partial charge in [-0.2, -0.15) is 26.2 Å². The van der Waals surface area contributed by atoms with Crippen LogP contribution in [0.5, 0.6) is 0 Å². The maximum Gasteiger partial charge on any atom is 2.00 e. The molecule has 1 aliphatic heterocycles. The number of pyridine rings is 4. The van der Waals surface area contributed by atoms with Crippen molar-refractivity contribution in [1.29, 1.82) is 0 Å². The van der Waals surface area contributed by atoms with Crippen molar-refractivity contribution in [3.63, 3.8) is 0 Å². The van der Waals surface area contributed by atoms with Gasteiger partial charge in [0, 0.05) is 35.6 Å². The molecule has 1 saturated heterocycles. The van der Waals surface area contributed by atoms with E-state index in [0.717, 1.165) is 59.0 Å². The van der Waals surface area contributed by atoms with Gasteiger partial charge in [-0.05, 0) is 24.3 Å². The van der Waals surface area contributed by atoms with Crippen LogP contribution >= 0.6 is 0 Å². The summed E-state index contributed by atoms with van der Waals surface area (Å²) in [5.41, 5.74) is 3.51. The third-order valence-corrected chi connectivity index (χ3v) is 3.85. The van der Waals surface area contributed by atoms with Gasteiger partial charge in [-0.25, -0.2) is 0 Å². The number of hydrogen-bond acceptors (Lipinski definition) is 4. The first kappa shape index (κ1) is 17.8. The van der Waals surface area contributed by atoms with Gasteiger partial charge in [-0.3, -0.25) is 19.9 Å². The van der Waals surface area contributed by atoms with Crippen LogP contribution < -0.4 is 0 Å². The van der Waals surface area contributed by atoms with Gasteiger partial charge in [0.2, 0.25) is 0 Å². The monoisotopic (exact) mass is 511 g/mol. The number of piperazine rings is 1. The van der Waals surface area contributed by atoms with E-state index in [2.05, 4.69) is 30.6 Å². The van der Waals surface area contributed by atoms with Crippen molar-refractivity contribution >= 4 is 32.8 Å². The molecule has 5 heterocycles. The summed E-state index contributed by atoms with van der Waals surface area (Å²) in [6, 6.07) is 7.68. The van der Waals surface area contributed by atoms with Crippen LogP contribution in [0.15, 0.2) is 49.1 Å². The van der Waals surface area contributed by atoms with Gasteiger partial charge in [-0.1, -0.05) is 0 Å². The topological polar surface area (TPSA) is 79.8 Å². The largest absolute Gasteiger partial charge is 2.00 e. The maximum absolute atomic E-state index is 4.43. The van der Waals surface area contributed by atoms with Crippen LogP contribution in [-0.4, -0.2) is 46.1 Å². The van der Waals surface area contributed by atoms with Gasteiger partial charge in [-0.15, -0.1) is 0 Å². The predicted octanol–water partition coefficient (Wildman–Crippen LogP) is 3.47. The van der Waals surface area contributed by atoms with Crippen LogP contribution in [0.25, 0.3) is 43.5 Å². The Bertz CT molecular complexity index is 905. The van der Waals surface area contributed by atoms with Crippen molar-refractivity contribution in [1.82, 2.24) is 19.9 Å². The zero-order valence-corrected chi connectivity index (χ0v) is 15.7. The Morgan fingerprint density at radius 3 is 1.60 bits per heavy atom. The van der Waals surface area contributed by atoms with E-state index in [-0.39, 0.29) is 21.1 Å².